The summed E-state index contributed by atoms with van der Waals surface area (Å²) < 4.78 is 5.17. The van der Waals surface area contributed by atoms with Crippen molar-refractivity contribution >= 4 is 5.96 Å². The normalized spacial score (nSPS) is 17.3. The molecule has 0 amide bonds. The number of methoxy groups -OCH3 is 1. The standard InChI is InChI=1S/C17H28N4O/c1-18-17(20-13-15-8-10-21(2)11-9-15)19-12-14-4-6-16(22-3)7-5-14/h4-7,15H,8-13H2,1-3H3,(H2,18,19,20). The van der Waals surface area contributed by atoms with Crippen LogP contribution in [0.3, 0.4) is 0 Å². The van der Waals surface area contributed by atoms with Gasteiger partial charge in [-0.1, -0.05) is 12.1 Å². The second kappa shape index (κ2) is 8.63. The van der Waals surface area contributed by atoms with E-state index >= 15 is 0 Å². The molecular weight excluding hydrogens is 276 g/mol. The Morgan fingerprint density at radius 2 is 1.91 bits per heavy atom. The molecule has 1 aromatic carbocycles. The lowest BCUT2D eigenvalue weighted by atomic mass is 9.97. The van der Waals surface area contributed by atoms with Crippen LogP contribution in [0.25, 0.3) is 0 Å². The van der Waals surface area contributed by atoms with Crippen molar-refractivity contribution in [1.82, 2.24) is 15.5 Å². The Morgan fingerprint density at radius 3 is 2.50 bits per heavy atom. The average Bonchev–Trinajstić information content (AvgIpc) is 2.57. The molecule has 0 saturated carbocycles. The molecule has 122 valence electrons. The summed E-state index contributed by atoms with van der Waals surface area (Å²) in [7, 11) is 5.69. The summed E-state index contributed by atoms with van der Waals surface area (Å²) in [5, 5.41) is 6.80. The zero-order valence-corrected chi connectivity index (χ0v) is 13.9. The van der Waals surface area contributed by atoms with Gasteiger partial charge in [0.2, 0.25) is 0 Å². The summed E-state index contributed by atoms with van der Waals surface area (Å²) in [5.41, 5.74) is 1.21. The minimum absolute atomic E-state index is 0.746. The van der Waals surface area contributed by atoms with E-state index in [1.165, 1.54) is 31.5 Å². The van der Waals surface area contributed by atoms with Crippen LogP contribution >= 0.6 is 0 Å². The van der Waals surface area contributed by atoms with Gasteiger partial charge in [-0.25, -0.2) is 0 Å². The fraction of sp³-hybridized carbons (Fsp3) is 0.588. The van der Waals surface area contributed by atoms with E-state index in [9.17, 15) is 0 Å². The van der Waals surface area contributed by atoms with Crippen molar-refractivity contribution in [2.45, 2.75) is 19.4 Å². The van der Waals surface area contributed by atoms with Gasteiger partial charge in [0.25, 0.3) is 0 Å². The first-order chi connectivity index (χ1) is 10.7. The molecule has 0 atom stereocenters. The van der Waals surface area contributed by atoms with Gasteiger partial charge >= 0.3 is 0 Å². The number of aliphatic imine (C=N–C) groups is 1. The lowest BCUT2D eigenvalue weighted by Gasteiger charge is -2.29. The fourth-order valence-electron chi connectivity index (χ4n) is 2.66. The number of nitrogens with zero attached hydrogens (tertiary/aromatic N) is 2. The number of hydrogen-bond acceptors (Lipinski definition) is 3. The molecule has 0 aromatic heterocycles. The summed E-state index contributed by atoms with van der Waals surface area (Å²) >= 11 is 0. The van der Waals surface area contributed by atoms with Gasteiger partial charge in [0, 0.05) is 20.1 Å². The van der Waals surface area contributed by atoms with Crippen molar-refractivity contribution in [2.75, 3.05) is 40.8 Å². The molecule has 1 aliphatic rings. The van der Waals surface area contributed by atoms with Gasteiger partial charge in [-0.15, -0.1) is 0 Å². The third kappa shape index (κ3) is 5.22. The van der Waals surface area contributed by atoms with Crippen molar-refractivity contribution in [1.29, 1.82) is 0 Å². The number of ether oxygens (including phenoxy) is 1. The van der Waals surface area contributed by atoms with Crippen LogP contribution < -0.4 is 15.4 Å². The van der Waals surface area contributed by atoms with E-state index in [1.807, 2.05) is 19.2 Å². The largest absolute Gasteiger partial charge is 0.497 e. The third-order valence-electron chi connectivity index (χ3n) is 4.24. The molecule has 2 rings (SSSR count). The van der Waals surface area contributed by atoms with E-state index in [-0.39, 0.29) is 0 Å². The van der Waals surface area contributed by atoms with Gasteiger partial charge < -0.3 is 20.3 Å². The Bertz CT molecular complexity index is 464. The van der Waals surface area contributed by atoms with Crippen molar-refractivity contribution in [3.8, 4) is 5.75 Å². The van der Waals surface area contributed by atoms with Crippen LogP contribution in [-0.2, 0) is 6.54 Å². The second-order valence-electron chi connectivity index (χ2n) is 5.90. The molecule has 0 bridgehead atoms. The molecule has 5 heteroatoms. The molecule has 0 spiro atoms. The zero-order chi connectivity index (χ0) is 15.8. The first kappa shape index (κ1) is 16.6. The first-order valence-corrected chi connectivity index (χ1v) is 7.97. The maximum absolute atomic E-state index is 5.17. The topological polar surface area (TPSA) is 48.9 Å². The van der Waals surface area contributed by atoms with Crippen molar-refractivity contribution < 1.29 is 4.74 Å². The highest BCUT2D eigenvalue weighted by Crippen LogP contribution is 2.14. The first-order valence-electron chi connectivity index (χ1n) is 7.97. The Labute approximate surface area is 133 Å². The van der Waals surface area contributed by atoms with Crippen molar-refractivity contribution in [2.24, 2.45) is 10.9 Å². The van der Waals surface area contributed by atoms with E-state index in [4.69, 9.17) is 4.74 Å². The summed E-state index contributed by atoms with van der Waals surface area (Å²) in [6.45, 7) is 4.15. The summed E-state index contributed by atoms with van der Waals surface area (Å²) in [6, 6.07) is 8.09. The van der Waals surface area contributed by atoms with Crippen LogP contribution in [0.5, 0.6) is 5.75 Å². The molecule has 1 saturated heterocycles. The van der Waals surface area contributed by atoms with Gasteiger partial charge in [0.15, 0.2) is 5.96 Å². The van der Waals surface area contributed by atoms with Gasteiger partial charge in [0.1, 0.15) is 5.75 Å². The van der Waals surface area contributed by atoms with Gasteiger partial charge in [-0.3, -0.25) is 4.99 Å². The predicted molar refractivity (Wildman–Crippen MR) is 91.4 cm³/mol. The van der Waals surface area contributed by atoms with Crippen LogP contribution in [0.4, 0.5) is 0 Å². The number of benzene rings is 1. The molecule has 0 unspecified atom stereocenters. The summed E-state index contributed by atoms with van der Waals surface area (Å²) in [6.07, 6.45) is 2.53. The summed E-state index contributed by atoms with van der Waals surface area (Å²) in [4.78, 5) is 6.69. The second-order valence-corrected chi connectivity index (χ2v) is 5.90. The SMILES string of the molecule is CN=C(NCc1ccc(OC)cc1)NCC1CCN(C)CC1. The Morgan fingerprint density at radius 1 is 1.23 bits per heavy atom. The molecule has 5 nitrogen and oxygen atoms in total. The molecule has 1 aliphatic heterocycles. The fourth-order valence-corrected chi connectivity index (χ4v) is 2.66. The molecule has 0 radical (unpaired) electrons. The maximum Gasteiger partial charge on any atom is 0.191 e. The van der Waals surface area contributed by atoms with Crippen molar-refractivity contribution in [3.63, 3.8) is 0 Å². The smallest absolute Gasteiger partial charge is 0.191 e. The van der Waals surface area contributed by atoms with Crippen molar-refractivity contribution in [3.05, 3.63) is 29.8 Å². The number of piperidine rings is 1. The van der Waals surface area contributed by atoms with E-state index < -0.39 is 0 Å². The molecule has 1 aromatic rings. The lowest BCUT2D eigenvalue weighted by Crippen LogP contribution is -2.41. The third-order valence-corrected chi connectivity index (χ3v) is 4.24. The minimum Gasteiger partial charge on any atom is -0.497 e. The monoisotopic (exact) mass is 304 g/mol. The van der Waals surface area contributed by atoms with Crippen LogP contribution in [0.1, 0.15) is 18.4 Å². The molecule has 1 fully saturated rings. The number of hydrogen-bond donors (Lipinski definition) is 2. The number of likely N-dealkylation sites (tertiary alicyclic amines) is 1. The number of rotatable bonds is 5. The van der Waals surface area contributed by atoms with Crippen LogP contribution in [0, 0.1) is 5.92 Å². The van der Waals surface area contributed by atoms with E-state index in [0.29, 0.717) is 0 Å². The molecule has 1 heterocycles. The molecule has 0 aliphatic carbocycles. The van der Waals surface area contributed by atoms with Gasteiger partial charge in [-0.05, 0) is 56.6 Å². The Balaban J connectivity index is 1.72. The quantitative estimate of drug-likeness (QED) is 0.642. The predicted octanol–water partition coefficient (Wildman–Crippen LogP) is 1.70. The highest BCUT2D eigenvalue weighted by atomic mass is 16.5. The number of nitrogens with one attached hydrogen (secondary N) is 2. The maximum atomic E-state index is 5.17. The highest BCUT2D eigenvalue weighted by Gasteiger charge is 2.16. The van der Waals surface area contributed by atoms with Gasteiger partial charge in [0.05, 0.1) is 7.11 Å². The van der Waals surface area contributed by atoms with Gasteiger partial charge in [-0.2, -0.15) is 0 Å². The van der Waals surface area contributed by atoms with Crippen LogP contribution in [-0.4, -0.2) is 51.7 Å². The lowest BCUT2D eigenvalue weighted by molar-refractivity contribution is 0.220. The molecule has 2 N–H and O–H groups in total. The van der Waals surface area contributed by atoms with Crippen LogP contribution in [0.2, 0.25) is 0 Å². The van der Waals surface area contributed by atoms with E-state index in [0.717, 1.165) is 30.7 Å². The van der Waals surface area contributed by atoms with E-state index in [2.05, 4.69) is 39.7 Å². The summed E-state index contributed by atoms with van der Waals surface area (Å²) in [5.74, 6) is 2.50. The van der Waals surface area contributed by atoms with E-state index in [1.54, 1.807) is 7.11 Å². The highest BCUT2D eigenvalue weighted by molar-refractivity contribution is 5.79. The molecule has 22 heavy (non-hydrogen) atoms. The zero-order valence-electron chi connectivity index (χ0n) is 13.9. The minimum atomic E-state index is 0.746. The average molecular weight is 304 g/mol. The molecular formula is C17H28N4O. The number of guanidine groups is 1. The van der Waals surface area contributed by atoms with Crippen LogP contribution in [0.15, 0.2) is 29.3 Å². The Hall–Kier alpha value is -1.75. The Kier molecular flexibility index (Phi) is 6.52.